The van der Waals surface area contributed by atoms with Crippen LogP contribution in [-0.4, -0.2) is 39.9 Å². The Hall–Kier alpha value is -4.61. The summed E-state index contributed by atoms with van der Waals surface area (Å²) in [5.41, 5.74) is 7.81. The molecule has 0 atom stereocenters. The van der Waals surface area contributed by atoms with Crippen LogP contribution >= 0.6 is 0 Å². The van der Waals surface area contributed by atoms with Crippen molar-refractivity contribution < 1.29 is 26.7 Å². The third-order valence-corrected chi connectivity index (χ3v) is 3.50. The summed E-state index contributed by atoms with van der Waals surface area (Å²) < 4.78 is 0. The third-order valence-electron chi connectivity index (χ3n) is 3.50. The van der Waals surface area contributed by atoms with Gasteiger partial charge < -0.3 is 10.2 Å². The molecule has 0 aliphatic rings. The van der Waals surface area contributed by atoms with E-state index in [2.05, 4.69) is 39.9 Å². The second kappa shape index (κ2) is 25.1. The zero-order valence-corrected chi connectivity index (χ0v) is 24.2. The molecule has 12 nitrogen and oxygen atoms in total. The Morgan fingerprint density at radius 2 is 0.513 bits per heavy atom. The van der Waals surface area contributed by atoms with Gasteiger partial charge in [-0.25, -0.2) is 10.5 Å². The first-order chi connectivity index (χ1) is 18.0. The minimum Gasteiger partial charge on any atom is -0.812 e. The average molecular weight is 575 g/mol. The summed E-state index contributed by atoms with van der Waals surface area (Å²) in [5, 5.41) is 30.0. The van der Waals surface area contributed by atoms with Gasteiger partial charge in [-0.1, -0.05) is 0 Å². The van der Waals surface area contributed by atoms with E-state index >= 15 is 0 Å². The number of aromatic nitrogens is 8. The number of hydrogen-bond acceptors (Lipinski definition) is 12. The van der Waals surface area contributed by atoms with Crippen LogP contribution in [0.1, 0.15) is 45.6 Å². The third kappa shape index (κ3) is 26.3. The molecule has 4 aromatic heterocycles. The molecule has 0 N–H and O–H groups in total. The number of aryl methyl sites for hydroxylation is 8. The average Bonchev–Trinajstić information content (AvgIpc) is 2.81. The fourth-order valence-corrected chi connectivity index (χ4v) is 2.36. The van der Waals surface area contributed by atoms with Crippen molar-refractivity contribution in [3.05, 3.63) is 95.1 Å². The van der Waals surface area contributed by atoms with Crippen LogP contribution in [0.4, 0.5) is 0 Å². The molecule has 0 bridgehead atoms. The van der Waals surface area contributed by atoms with Gasteiger partial charge in [-0.05, 0) is 55.4 Å². The zero-order valence-electron chi connectivity index (χ0n) is 23.2. The Morgan fingerprint density at radius 3 is 0.564 bits per heavy atom. The fraction of sp³-hybridized carbons (Fsp3) is 0.308. The van der Waals surface area contributed by atoms with Crippen molar-refractivity contribution in [3.63, 3.8) is 0 Å². The van der Waals surface area contributed by atoms with Gasteiger partial charge in [0.1, 0.15) is 0 Å². The minimum absolute atomic E-state index is 0. The van der Waals surface area contributed by atoms with Crippen LogP contribution in [-0.2, 0) is 16.5 Å². The van der Waals surface area contributed by atoms with Gasteiger partial charge in [-0.2, -0.15) is 0 Å². The predicted octanol–water partition coefficient (Wildman–Crippen LogP) is 2.03. The molecule has 4 rings (SSSR count). The smallest absolute Gasteiger partial charge is 0.812 e. The molecule has 13 heteroatoms. The minimum atomic E-state index is 0. The Morgan fingerprint density at radius 1 is 0.410 bits per heavy atom. The summed E-state index contributed by atoms with van der Waals surface area (Å²) in [7, 11) is 0. The Kier molecular flexibility index (Phi) is 25.0. The van der Waals surface area contributed by atoms with Crippen molar-refractivity contribution >= 4 is 0 Å². The van der Waals surface area contributed by atoms with Crippen LogP contribution in [0.2, 0.25) is 0 Å². The van der Waals surface area contributed by atoms with E-state index in [1.165, 1.54) is 0 Å². The van der Waals surface area contributed by atoms with Gasteiger partial charge in [-0.3, -0.25) is 39.9 Å². The van der Waals surface area contributed by atoms with E-state index in [0.717, 1.165) is 45.6 Å². The zero-order chi connectivity index (χ0) is 29.3. The van der Waals surface area contributed by atoms with Gasteiger partial charge in [0.05, 0.1) is 45.6 Å². The second-order valence-corrected chi connectivity index (χ2v) is 7.39. The molecule has 0 fully saturated rings. The molecule has 208 valence electrons. The summed E-state index contributed by atoms with van der Waals surface area (Å²) >= 11 is 0. The summed E-state index contributed by atoms with van der Waals surface area (Å²) in [4.78, 5) is 32.1. The van der Waals surface area contributed by atoms with Crippen LogP contribution in [0.15, 0.2) is 49.6 Å². The van der Waals surface area contributed by atoms with Crippen LogP contribution in [0.3, 0.4) is 0 Å². The van der Waals surface area contributed by atoms with Crippen LogP contribution < -0.4 is 10.2 Å². The number of hydrogen-bond donors (Lipinski definition) is 0. The molecule has 0 radical (unpaired) electrons. The molecular formula is C26H32N10NiO2. The molecular weight excluding hydrogens is 543 g/mol. The fourth-order valence-electron chi connectivity index (χ4n) is 2.36. The van der Waals surface area contributed by atoms with E-state index in [9.17, 15) is 0 Å². The Labute approximate surface area is 239 Å². The van der Waals surface area contributed by atoms with Gasteiger partial charge in [0.25, 0.3) is 0 Å². The van der Waals surface area contributed by atoms with E-state index in [1.807, 2.05) is 55.4 Å². The van der Waals surface area contributed by atoms with Crippen molar-refractivity contribution in [3.8, 4) is 12.5 Å². The summed E-state index contributed by atoms with van der Waals surface area (Å²) in [6.45, 7) is 15.4. The quantitative estimate of drug-likeness (QED) is 0.219. The molecule has 39 heavy (non-hydrogen) atoms. The van der Waals surface area contributed by atoms with Gasteiger partial charge >= 0.3 is 16.5 Å². The Bertz CT molecular complexity index is 1020. The first-order valence-electron chi connectivity index (χ1n) is 11.0. The number of nitrogens with zero attached hydrogens (tertiary/aromatic N) is 10. The van der Waals surface area contributed by atoms with Crippen molar-refractivity contribution in [2.24, 2.45) is 0 Å². The normalized spacial score (nSPS) is 7.95. The van der Waals surface area contributed by atoms with E-state index in [0.29, 0.717) is 12.5 Å². The summed E-state index contributed by atoms with van der Waals surface area (Å²) in [5.74, 6) is 0. The van der Waals surface area contributed by atoms with E-state index < -0.39 is 0 Å². The molecule has 0 saturated heterocycles. The molecule has 0 amide bonds. The molecule has 4 heterocycles. The topological polar surface area (TPSA) is 197 Å². The first kappa shape index (κ1) is 38.9. The van der Waals surface area contributed by atoms with E-state index in [4.69, 9.17) is 20.7 Å². The molecule has 0 unspecified atom stereocenters. The number of rotatable bonds is 0. The monoisotopic (exact) mass is 574 g/mol. The first-order valence-corrected chi connectivity index (χ1v) is 11.0. The molecule has 0 spiro atoms. The summed E-state index contributed by atoms with van der Waals surface area (Å²) in [6.07, 6.45) is 14.9. The molecule has 4 aromatic rings. The van der Waals surface area contributed by atoms with Gasteiger partial charge in [-0.15, -0.1) is 0 Å². The second-order valence-electron chi connectivity index (χ2n) is 7.39. The Balaban J connectivity index is -0.000000412. The maximum atomic E-state index is 8.24. The van der Waals surface area contributed by atoms with Crippen molar-refractivity contribution in [2.75, 3.05) is 0 Å². The van der Waals surface area contributed by atoms with E-state index in [-0.39, 0.29) is 16.5 Å². The number of nitriles is 2. The molecule has 0 aliphatic carbocycles. The summed E-state index contributed by atoms with van der Waals surface area (Å²) in [6, 6.07) is 0. The predicted molar refractivity (Wildman–Crippen MR) is 137 cm³/mol. The standard InChI is InChI=1S/4C6H8N2.2CHNO.Ni/c4*1-5-3-7-4-6(2)8-5;2*2-1-3;/h4*3-4H,1-2H3;2*3H;/q;;;;;;+2/p-2. The maximum absolute atomic E-state index is 8.24. The molecule has 0 aliphatic heterocycles. The van der Waals surface area contributed by atoms with Crippen molar-refractivity contribution in [2.45, 2.75) is 55.4 Å². The van der Waals surface area contributed by atoms with Gasteiger partial charge in [0.2, 0.25) is 0 Å². The van der Waals surface area contributed by atoms with E-state index in [1.54, 1.807) is 49.6 Å². The SMILES string of the molecule is Cc1cncc(C)n1.Cc1cncc(C)n1.Cc1cncc(C)n1.Cc1cncc(C)n1.N#C[O-].N#C[O-].[Ni+2]. The maximum Gasteiger partial charge on any atom is 2.00 e. The van der Waals surface area contributed by atoms with Crippen molar-refractivity contribution in [1.29, 1.82) is 10.5 Å². The van der Waals surface area contributed by atoms with Crippen molar-refractivity contribution in [1.82, 2.24) is 39.9 Å². The van der Waals surface area contributed by atoms with Crippen LogP contribution in [0, 0.1) is 78.4 Å². The van der Waals surface area contributed by atoms with Crippen LogP contribution in [0.5, 0.6) is 0 Å². The molecule has 0 aromatic carbocycles. The largest absolute Gasteiger partial charge is 2.00 e. The molecule has 0 saturated carbocycles. The van der Waals surface area contributed by atoms with Crippen LogP contribution in [0.25, 0.3) is 0 Å². The van der Waals surface area contributed by atoms with Gasteiger partial charge in [0.15, 0.2) is 0 Å². The van der Waals surface area contributed by atoms with Gasteiger partial charge in [0, 0.05) is 62.1 Å².